The normalized spacial score (nSPS) is 12.6. The van der Waals surface area contributed by atoms with Gasteiger partial charge in [0.05, 0.1) is 27.4 Å². The fraction of sp³-hybridized carbons (Fsp3) is 0.241. The second-order valence-corrected chi connectivity index (χ2v) is 14.5. The summed E-state index contributed by atoms with van der Waals surface area (Å²) in [5.41, 5.74) is -1.37. The molecule has 0 aliphatic heterocycles. The highest BCUT2D eigenvalue weighted by molar-refractivity contribution is 7.87. The summed E-state index contributed by atoms with van der Waals surface area (Å²) in [6.07, 6.45) is 0. The fourth-order valence-electron chi connectivity index (χ4n) is 4.57. The molecule has 0 amide bonds. The molecule has 274 valence electrons. The molecule has 4 aromatic carbocycles. The third-order valence-corrected chi connectivity index (χ3v) is 10.1. The van der Waals surface area contributed by atoms with Crippen LogP contribution in [0.4, 0.5) is 22.7 Å². The number of aliphatic hydroxyl groups is 2. The van der Waals surface area contributed by atoms with E-state index in [-0.39, 0.29) is 63.9 Å². The average Bonchev–Trinajstić information content (AvgIpc) is 3.07. The Morgan fingerprint density at radius 3 is 1.73 bits per heavy atom. The van der Waals surface area contributed by atoms with E-state index in [1.165, 1.54) is 38.3 Å². The minimum absolute atomic E-state index is 0.0908. The van der Waals surface area contributed by atoms with Gasteiger partial charge in [0, 0.05) is 29.0 Å². The first kappa shape index (κ1) is 39.0. The predicted molar refractivity (Wildman–Crippen MR) is 177 cm³/mol. The second-order valence-electron chi connectivity index (χ2n) is 10.1. The molecule has 5 N–H and O–H groups in total. The summed E-state index contributed by atoms with van der Waals surface area (Å²) < 4.78 is 115. The molecule has 0 atom stereocenters. The number of benzene rings is 4. The lowest BCUT2D eigenvalue weighted by Crippen LogP contribution is -2.07. The number of aromatic hydroxyl groups is 1. The first-order valence-corrected chi connectivity index (χ1v) is 18.5. The zero-order chi connectivity index (χ0) is 37.7. The number of fused-ring (bicyclic) bond motifs is 1. The van der Waals surface area contributed by atoms with E-state index >= 15 is 0 Å². The van der Waals surface area contributed by atoms with Gasteiger partial charge in [-0.15, -0.1) is 20.5 Å². The number of phenolic OH excluding ortho intramolecular Hbond substituents is 1. The largest absolute Gasteiger partial charge is 0.505 e. The molecule has 0 aliphatic rings. The van der Waals surface area contributed by atoms with Gasteiger partial charge >= 0.3 is 0 Å². The first-order valence-electron chi connectivity index (χ1n) is 14.2. The monoisotopic (exact) mass is 770 g/mol. The Morgan fingerprint density at radius 1 is 0.667 bits per heavy atom. The molecule has 0 radical (unpaired) electrons. The van der Waals surface area contributed by atoms with E-state index in [0.29, 0.717) is 0 Å². The van der Waals surface area contributed by atoms with Crippen LogP contribution in [0, 0.1) is 6.92 Å². The van der Waals surface area contributed by atoms with E-state index in [1.54, 1.807) is 0 Å². The zero-order valence-electron chi connectivity index (χ0n) is 26.8. The van der Waals surface area contributed by atoms with Crippen molar-refractivity contribution < 1.29 is 68.1 Å². The van der Waals surface area contributed by atoms with Crippen LogP contribution in [-0.2, 0) is 34.5 Å². The zero-order valence-corrected chi connectivity index (χ0v) is 29.2. The number of aliphatic hydroxyl groups excluding tert-OH is 2. The van der Waals surface area contributed by atoms with Crippen molar-refractivity contribution in [3.8, 4) is 23.0 Å². The quantitative estimate of drug-likeness (QED) is 0.0641. The van der Waals surface area contributed by atoms with Crippen LogP contribution in [0.15, 0.2) is 83.7 Å². The van der Waals surface area contributed by atoms with Gasteiger partial charge in [0.15, 0.2) is 5.75 Å². The molecule has 22 heteroatoms. The van der Waals surface area contributed by atoms with Crippen LogP contribution in [-0.4, -0.2) is 90.3 Å². The van der Waals surface area contributed by atoms with Gasteiger partial charge in [-0.05, 0) is 30.7 Å². The lowest BCUT2D eigenvalue weighted by molar-refractivity contribution is 0.198. The lowest BCUT2D eigenvalue weighted by atomic mass is 10.1. The van der Waals surface area contributed by atoms with E-state index < -0.39 is 69.7 Å². The summed E-state index contributed by atoms with van der Waals surface area (Å²) >= 11 is 0. The highest BCUT2D eigenvalue weighted by atomic mass is 32.2. The topological polar surface area (TPSA) is 290 Å². The van der Waals surface area contributed by atoms with Crippen molar-refractivity contribution in [1.29, 1.82) is 0 Å². The smallest absolute Gasteiger partial charge is 0.297 e. The maximum absolute atomic E-state index is 12.7. The first-order chi connectivity index (χ1) is 24.0. The fourth-order valence-corrected chi connectivity index (χ4v) is 6.92. The number of methoxy groups -OCH3 is 1. The lowest BCUT2D eigenvalue weighted by Gasteiger charge is -2.14. The molecule has 0 aliphatic carbocycles. The summed E-state index contributed by atoms with van der Waals surface area (Å²) in [4.78, 5) is -2.14. The number of nitrogens with zero attached hydrogens (tertiary/aromatic N) is 4. The third kappa shape index (κ3) is 8.74. The molecule has 0 heterocycles. The van der Waals surface area contributed by atoms with Crippen LogP contribution in [0.2, 0.25) is 0 Å². The number of rotatable bonds is 15. The van der Waals surface area contributed by atoms with E-state index in [9.17, 15) is 49.7 Å². The predicted octanol–water partition coefficient (Wildman–Crippen LogP) is 4.26. The van der Waals surface area contributed by atoms with Gasteiger partial charge in [-0.1, -0.05) is 12.1 Å². The van der Waals surface area contributed by atoms with Gasteiger partial charge < -0.3 is 29.5 Å². The Balaban J connectivity index is 1.94. The minimum Gasteiger partial charge on any atom is -0.505 e. The molecule has 51 heavy (non-hydrogen) atoms. The van der Waals surface area contributed by atoms with Crippen LogP contribution >= 0.6 is 0 Å². The molecule has 0 aromatic heterocycles. The molecule has 0 bridgehead atoms. The van der Waals surface area contributed by atoms with Crippen molar-refractivity contribution in [3.05, 3.63) is 54.1 Å². The van der Waals surface area contributed by atoms with Crippen LogP contribution in [0.3, 0.4) is 0 Å². The van der Waals surface area contributed by atoms with Crippen molar-refractivity contribution in [2.45, 2.75) is 21.6 Å². The maximum atomic E-state index is 12.7. The third-order valence-electron chi connectivity index (χ3n) is 6.83. The average molecular weight is 771 g/mol. The van der Waals surface area contributed by atoms with Crippen molar-refractivity contribution in [1.82, 2.24) is 0 Å². The summed E-state index contributed by atoms with van der Waals surface area (Å²) in [5.74, 6) is -1.15. The summed E-state index contributed by atoms with van der Waals surface area (Å²) in [6.45, 7) is -0.204. The second kappa shape index (κ2) is 15.6. The molecule has 0 unspecified atom stereocenters. The van der Waals surface area contributed by atoms with Crippen LogP contribution < -0.4 is 14.2 Å². The molecule has 0 spiro atoms. The summed E-state index contributed by atoms with van der Waals surface area (Å²) in [6, 6.07) is 9.24. The molecule has 0 fully saturated rings. The van der Waals surface area contributed by atoms with Gasteiger partial charge in [0.2, 0.25) is 0 Å². The Hall–Kier alpha value is -4.81. The van der Waals surface area contributed by atoms with Gasteiger partial charge in [0.1, 0.15) is 67.9 Å². The van der Waals surface area contributed by atoms with Crippen molar-refractivity contribution in [3.63, 3.8) is 0 Å². The van der Waals surface area contributed by atoms with Crippen LogP contribution in [0.1, 0.15) is 5.56 Å². The molecular weight excluding hydrogens is 741 g/mol. The van der Waals surface area contributed by atoms with E-state index in [4.69, 9.17) is 14.2 Å². The van der Waals surface area contributed by atoms with Crippen LogP contribution in [0.5, 0.6) is 23.0 Å². The van der Waals surface area contributed by atoms with E-state index in [1.807, 2.05) is 0 Å². The summed E-state index contributed by atoms with van der Waals surface area (Å²) in [5, 5.41) is 45.2. The minimum atomic E-state index is -5.20. The number of azo groups is 2. The van der Waals surface area contributed by atoms with Crippen molar-refractivity contribution in [2.75, 3.05) is 40.6 Å². The van der Waals surface area contributed by atoms with Gasteiger partial charge in [-0.25, -0.2) is 0 Å². The number of hydrogen-bond donors (Lipinski definition) is 5. The Kier molecular flexibility index (Phi) is 11.9. The Bertz CT molecular complexity index is 2360. The number of hydrogen-bond acceptors (Lipinski definition) is 17. The standard InChI is InChI=1S/C29H30N4O15S3/c1-16-4-6-18-19(29(16)51(43,44)46-3)13-26(50(40,41)42)27(28(18)36)33-32-22-15-23(47-10-8-34)21(14-24(22)48-11-9-35)31-30-20-7-5-17(45-2)12-25(20)49(37,38)39/h4-7,12-15,34-36H,8-11H2,1-3H3,(H,37,38,39)(H,40,41,42)/b31-30+,33-32+. The van der Waals surface area contributed by atoms with Crippen molar-refractivity contribution >= 4 is 63.9 Å². The van der Waals surface area contributed by atoms with E-state index in [0.717, 1.165) is 31.4 Å². The maximum Gasteiger partial charge on any atom is 0.297 e. The van der Waals surface area contributed by atoms with E-state index in [2.05, 4.69) is 24.6 Å². The van der Waals surface area contributed by atoms with Gasteiger partial charge in [0.25, 0.3) is 30.4 Å². The number of aryl methyl sites for hydroxylation is 1. The summed E-state index contributed by atoms with van der Waals surface area (Å²) in [7, 11) is -12.3. The molecule has 0 saturated carbocycles. The highest BCUT2D eigenvalue weighted by Gasteiger charge is 2.28. The number of phenols is 1. The highest BCUT2D eigenvalue weighted by Crippen LogP contribution is 2.46. The van der Waals surface area contributed by atoms with Crippen molar-refractivity contribution in [2.24, 2.45) is 20.5 Å². The molecule has 4 aromatic rings. The molecule has 19 nitrogen and oxygen atoms in total. The van der Waals surface area contributed by atoms with Gasteiger partial charge in [-0.2, -0.15) is 25.3 Å². The molecule has 4 rings (SSSR count). The van der Waals surface area contributed by atoms with Crippen LogP contribution in [0.25, 0.3) is 10.8 Å². The van der Waals surface area contributed by atoms with Gasteiger partial charge in [-0.3, -0.25) is 13.3 Å². The number of ether oxygens (including phenoxy) is 3. The Morgan fingerprint density at radius 2 is 1.22 bits per heavy atom. The molecule has 0 saturated heterocycles. The molecular formula is C29H30N4O15S3. The Labute approximate surface area is 291 Å². The SMILES string of the molecule is COc1ccc(/N=N/c2cc(OCCO)c(/N=N/c3c(S(=O)(=O)O)cc4c(S(=O)(=O)OC)c(C)ccc4c3O)cc2OCCO)c(S(=O)(=O)O)c1.